The Morgan fingerprint density at radius 3 is 2.79 bits per heavy atom. The molecule has 19 heavy (non-hydrogen) atoms. The lowest BCUT2D eigenvalue weighted by molar-refractivity contribution is 0.0636. The summed E-state index contributed by atoms with van der Waals surface area (Å²) in [7, 11) is 0. The molecule has 0 aliphatic carbocycles. The first kappa shape index (κ1) is 15.4. The van der Waals surface area contributed by atoms with E-state index in [9.17, 15) is 13.6 Å². The van der Waals surface area contributed by atoms with E-state index < -0.39 is 18.1 Å². The Bertz CT molecular complexity index is 413. The van der Waals surface area contributed by atoms with Gasteiger partial charge in [0.2, 0.25) is 6.43 Å². The van der Waals surface area contributed by atoms with Crippen molar-refractivity contribution in [3.63, 3.8) is 0 Å². The number of amides is 1. The molecule has 0 fully saturated rings. The molecule has 0 aliphatic rings. The molecule has 108 valence electrons. The lowest BCUT2D eigenvalue weighted by Gasteiger charge is -2.19. The molecular formula is C12H19F2N3O2. The van der Waals surface area contributed by atoms with Crippen LogP contribution in [0, 0.1) is 0 Å². The highest BCUT2D eigenvalue weighted by atomic mass is 19.3. The summed E-state index contributed by atoms with van der Waals surface area (Å²) in [5.41, 5.74) is -0.0940. The highest BCUT2D eigenvalue weighted by Gasteiger charge is 2.16. The molecule has 0 aliphatic heterocycles. The van der Waals surface area contributed by atoms with E-state index >= 15 is 0 Å². The molecule has 0 saturated heterocycles. The maximum absolute atomic E-state index is 12.0. The molecule has 1 amide bonds. The van der Waals surface area contributed by atoms with Crippen LogP contribution in [0.3, 0.4) is 0 Å². The number of hydrogen-bond donors (Lipinski definition) is 1. The lowest BCUT2D eigenvalue weighted by atomic mass is 10.2. The van der Waals surface area contributed by atoms with Gasteiger partial charge < -0.3 is 4.74 Å². The molecule has 7 heteroatoms. The summed E-state index contributed by atoms with van der Waals surface area (Å²) in [4.78, 5) is 11.5. The molecule has 1 aromatic heterocycles. The number of carbonyl (C=O) groups is 1. The number of carbonyl (C=O) groups excluding carboxylic acids is 1. The normalized spacial score (nSPS) is 11.7. The summed E-state index contributed by atoms with van der Waals surface area (Å²) in [6.45, 7) is 5.68. The van der Waals surface area contributed by atoms with E-state index in [1.54, 1.807) is 27.0 Å². The molecule has 0 aromatic carbocycles. The molecule has 1 aromatic rings. The van der Waals surface area contributed by atoms with Crippen LogP contribution >= 0.6 is 0 Å². The van der Waals surface area contributed by atoms with E-state index in [1.807, 2.05) is 0 Å². The molecule has 0 radical (unpaired) electrons. The second kappa shape index (κ2) is 6.49. The van der Waals surface area contributed by atoms with Gasteiger partial charge in [0.1, 0.15) is 5.60 Å². The van der Waals surface area contributed by atoms with Crippen molar-refractivity contribution in [2.75, 3.05) is 5.32 Å². The van der Waals surface area contributed by atoms with Crippen LogP contribution in [0.4, 0.5) is 19.3 Å². The number of nitrogens with zero attached hydrogens (tertiary/aromatic N) is 2. The predicted octanol–water partition coefficient (Wildman–Crippen LogP) is 3.28. The van der Waals surface area contributed by atoms with Crippen LogP contribution in [0.5, 0.6) is 0 Å². The zero-order chi connectivity index (χ0) is 14.5. The zero-order valence-corrected chi connectivity index (χ0v) is 11.3. The van der Waals surface area contributed by atoms with Crippen LogP contribution in [-0.4, -0.2) is 27.9 Å². The van der Waals surface area contributed by atoms with E-state index in [4.69, 9.17) is 4.74 Å². The minimum Gasteiger partial charge on any atom is -0.444 e. The van der Waals surface area contributed by atoms with Gasteiger partial charge in [-0.3, -0.25) is 10.00 Å². The second-order valence-corrected chi connectivity index (χ2v) is 5.15. The standard InChI is InChI=1S/C12H19F2N3O2/c1-12(2,3)19-11(18)16-9-7-15-17(8-9)6-4-5-10(13)14/h7-8,10H,4-6H2,1-3H3,(H,16,18). The first-order valence-corrected chi connectivity index (χ1v) is 6.07. The summed E-state index contributed by atoms with van der Waals surface area (Å²) in [6, 6.07) is 0. The minimum absolute atomic E-state index is 0.158. The van der Waals surface area contributed by atoms with E-state index in [-0.39, 0.29) is 6.42 Å². The molecule has 0 spiro atoms. The minimum atomic E-state index is -2.30. The first-order chi connectivity index (χ1) is 8.76. The van der Waals surface area contributed by atoms with Gasteiger partial charge in [-0.15, -0.1) is 0 Å². The van der Waals surface area contributed by atoms with E-state index in [2.05, 4.69) is 10.4 Å². The van der Waals surface area contributed by atoms with Crippen molar-refractivity contribution in [1.29, 1.82) is 0 Å². The highest BCUT2D eigenvalue weighted by molar-refractivity contribution is 5.84. The van der Waals surface area contributed by atoms with Crippen molar-refractivity contribution in [2.45, 2.75) is 52.2 Å². The summed E-state index contributed by atoms with van der Waals surface area (Å²) in [6.07, 6.45) is 0.344. The van der Waals surface area contributed by atoms with Gasteiger partial charge in [0, 0.05) is 19.2 Å². The highest BCUT2D eigenvalue weighted by Crippen LogP contribution is 2.11. The van der Waals surface area contributed by atoms with Gasteiger partial charge >= 0.3 is 6.09 Å². The van der Waals surface area contributed by atoms with Crippen LogP contribution < -0.4 is 5.32 Å². The van der Waals surface area contributed by atoms with Gasteiger partial charge in [0.05, 0.1) is 11.9 Å². The fourth-order valence-electron chi connectivity index (χ4n) is 1.38. The van der Waals surface area contributed by atoms with E-state index in [1.165, 1.54) is 10.9 Å². The van der Waals surface area contributed by atoms with E-state index in [0.29, 0.717) is 18.7 Å². The van der Waals surface area contributed by atoms with Gasteiger partial charge in [-0.25, -0.2) is 13.6 Å². The number of nitrogens with one attached hydrogen (secondary N) is 1. The summed E-state index contributed by atoms with van der Waals surface area (Å²) in [5.74, 6) is 0. The molecule has 0 unspecified atom stereocenters. The van der Waals surface area contributed by atoms with Crippen molar-refractivity contribution in [2.24, 2.45) is 0 Å². The fraction of sp³-hybridized carbons (Fsp3) is 0.667. The number of anilines is 1. The summed E-state index contributed by atoms with van der Waals surface area (Å²) >= 11 is 0. The molecule has 0 atom stereocenters. The average molecular weight is 275 g/mol. The largest absolute Gasteiger partial charge is 0.444 e. The second-order valence-electron chi connectivity index (χ2n) is 5.15. The van der Waals surface area contributed by atoms with Crippen LogP contribution in [0.25, 0.3) is 0 Å². The maximum atomic E-state index is 12.0. The molecule has 1 N–H and O–H groups in total. The van der Waals surface area contributed by atoms with Crippen LogP contribution in [0.15, 0.2) is 12.4 Å². The quantitative estimate of drug-likeness (QED) is 0.897. The predicted molar refractivity (Wildman–Crippen MR) is 67.3 cm³/mol. The Balaban J connectivity index is 2.40. The average Bonchev–Trinajstić information content (AvgIpc) is 2.61. The number of halogens is 2. The summed E-state index contributed by atoms with van der Waals surface area (Å²) < 4.78 is 30.5. The van der Waals surface area contributed by atoms with Crippen LogP contribution in [0.1, 0.15) is 33.6 Å². The molecule has 5 nitrogen and oxygen atoms in total. The zero-order valence-electron chi connectivity index (χ0n) is 11.3. The Labute approximate surface area is 110 Å². The monoisotopic (exact) mass is 275 g/mol. The lowest BCUT2D eigenvalue weighted by Crippen LogP contribution is -2.27. The molecule has 1 heterocycles. The molecule has 0 bridgehead atoms. The van der Waals surface area contributed by atoms with Crippen LogP contribution in [-0.2, 0) is 11.3 Å². The van der Waals surface area contributed by atoms with Crippen molar-refractivity contribution in [3.05, 3.63) is 12.4 Å². The van der Waals surface area contributed by atoms with E-state index in [0.717, 1.165) is 0 Å². The Morgan fingerprint density at radius 1 is 1.53 bits per heavy atom. The number of hydrogen-bond acceptors (Lipinski definition) is 3. The Morgan fingerprint density at radius 2 is 2.21 bits per heavy atom. The third-order valence-corrected chi connectivity index (χ3v) is 2.09. The first-order valence-electron chi connectivity index (χ1n) is 6.07. The van der Waals surface area contributed by atoms with Crippen molar-refractivity contribution < 1.29 is 18.3 Å². The number of rotatable bonds is 5. The molecule has 1 rings (SSSR count). The van der Waals surface area contributed by atoms with Gasteiger partial charge in [-0.1, -0.05) is 0 Å². The number of alkyl halides is 2. The molecular weight excluding hydrogens is 256 g/mol. The number of aromatic nitrogens is 2. The SMILES string of the molecule is CC(C)(C)OC(=O)Nc1cnn(CCCC(F)F)c1. The van der Waals surface area contributed by atoms with Gasteiger partial charge in [-0.05, 0) is 27.2 Å². The maximum Gasteiger partial charge on any atom is 0.412 e. The van der Waals surface area contributed by atoms with Gasteiger partial charge in [-0.2, -0.15) is 5.10 Å². The fourth-order valence-corrected chi connectivity index (χ4v) is 1.38. The molecule has 0 saturated carbocycles. The summed E-state index contributed by atoms with van der Waals surface area (Å²) in [5, 5.41) is 6.49. The Kier molecular flexibility index (Phi) is 5.26. The van der Waals surface area contributed by atoms with Crippen molar-refractivity contribution in [3.8, 4) is 0 Å². The van der Waals surface area contributed by atoms with Crippen molar-refractivity contribution >= 4 is 11.8 Å². The van der Waals surface area contributed by atoms with Gasteiger partial charge in [0.25, 0.3) is 0 Å². The third kappa shape index (κ3) is 6.73. The number of aryl methyl sites for hydroxylation is 1. The van der Waals surface area contributed by atoms with Crippen LogP contribution in [0.2, 0.25) is 0 Å². The number of ether oxygens (including phenoxy) is 1. The van der Waals surface area contributed by atoms with Crippen molar-refractivity contribution in [1.82, 2.24) is 9.78 Å². The third-order valence-electron chi connectivity index (χ3n) is 2.09. The Hall–Kier alpha value is -1.66. The smallest absolute Gasteiger partial charge is 0.412 e. The van der Waals surface area contributed by atoms with Gasteiger partial charge in [0.15, 0.2) is 0 Å². The topological polar surface area (TPSA) is 56.1 Å².